The molecule has 5 nitrogen and oxygen atoms in total. The third-order valence-corrected chi connectivity index (χ3v) is 5.94. The first-order valence-corrected chi connectivity index (χ1v) is 10.6. The summed E-state index contributed by atoms with van der Waals surface area (Å²) in [6.45, 7) is 0. The number of halogens is 7. The van der Waals surface area contributed by atoms with Gasteiger partial charge in [0.1, 0.15) is 17.3 Å². The molecular formula is C19H9Cl2F5N2O3S. The first-order chi connectivity index (χ1) is 14.8. The predicted molar refractivity (Wildman–Crippen MR) is 106 cm³/mol. The molecule has 2 aromatic carbocycles. The van der Waals surface area contributed by atoms with Gasteiger partial charge in [-0.15, -0.1) is 0 Å². The number of aromatic nitrogens is 1. The fourth-order valence-corrected chi connectivity index (χ4v) is 4.06. The number of nitrogens with one attached hydrogen (secondary N) is 1. The van der Waals surface area contributed by atoms with E-state index in [1.807, 2.05) is 4.72 Å². The molecule has 1 heterocycles. The summed E-state index contributed by atoms with van der Waals surface area (Å²) in [6.07, 6.45) is -3.96. The van der Waals surface area contributed by atoms with E-state index in [-0.39, 0.29) is 5.02 Å². The number of pyridine rings is 1. The zero-order valence-electron chi connectivity index (χ0n) is 15.3. The molecule has 168 valence electrons. The van der Waals surface area contributed by atoms with Gasteiger partial charge in [0.05, 0.1) is 31.8 Å². The number of benzene rings is 2. The zero-order chi connectivity index (χ0) is 23.8. The Balaban J connectivity index is 2.06. The molecule has 0 bridgehead atoms. The fraction of sp³-hybridized carbons (Fsp3) is 0.0526. The Labute approximate surface area is 187 Å². The van der Waals surface area contributed by atoms with Gasteiger partial charge in [-0.25, -0.2) is 22.2 Å². The summed E-state index contributed by atoms with van der Waals surface area (Å²) >= 11 is 11.3. The predicted octanol–water partition coefficient (Wildman–Crippen LogP) is 5.72. The Bertz CT molecular complexity index is 1330. The van der Waals surface area contributed by atoms with Crippen molar-refractivity contribution in [3.8, 4) is 0 Å². The molecule has 0 spiro atoms. The fourth-order valence-electron chi connectivity index (χ4n) is 2.59. The van der Waals surface area contributed by atoms with Gasteiger partial charge in [-0.1, -0.05) is 23.2 Å². The zero-order valence-corrected chi connectivity index (χ0v) is 17.7. The summed E-state index contributed by atoms with van der Waals surface area (Å²) in [5.74, 6) is -3.30. The van der Waals surface area contributed by atoms with Crippen molar-refractivity contribution in [1.29, 1.82) is 0 Å². The van der Waals surface area contributed by atoms with Gasteiger partial charge in [0, 0.05) is 12.3 Å². The first kappa shape index (κ1) is 23.9. The van der Waals surface area contributed by atoms with Gasteiger partial charge in [0.2, 0.25) is 5.78 Å². The molecule has 3 aromatic rings. The normalized spacial score (nSPS) is 12.0. The number of nitrogens with zero attached hydrogens (tertiary/aromatic N) is 1. The van der Waals surface area contributed by atoms with Crippen LogP contribution in [0.5, 0.6) is 0 Å². The molecule has 0 aliphatic carbocycles. The van der Waals surface area contributed by atoms with Crippen molar-refractivity contribution < 1.29 is 35.2 Å². The highest BCUT2D eigenvalue weighted by Crippen LogP contribution is 2.36. The third-order valence-electron chi connectivity index (χ3n) is 4.04. The number of anilines is 1. The minimum absolute atomic E-state index is 0.133. The van der Waals surface area contributed by atoms with Crippen LogP contribution in [0.25, 0.3) is 0 Å². The van der Waals surface area contributed by atoms with Gasteiger partial charge in [0.15, 0.2) is 0 Å². The Morgan fingerprint density at radius 1 is 1.00 bits per heavy atom. The van der Waals surface area contributed by atoms with Crippen LogP contribution in [-0.2, 0) is 16.2 Å². The standard InChI is InChI=1S/C19H9Cl2F5N2O3S/c20-9-5-16(17(27-8-9)18(29)12-3-1-10(22)6-15(12)23)28-32(30,31)11-2-4-14(21)13(7-11)19(24,25)26/h1-8,28H. The lowest BCUT2D eigenvalue weighted by molar-refractivity contribution is -0.137. The maximum atomic E-state index is 14.0. The molecule has 0 amide bonds. The van der Waals surface area contributed by atoms with Crippen LogP contribution in [0.1, 0.15) is 21.6 Å². The number of alkyl halides is 3. The Hall–Kier alpha value is -2.76. The summed E-state index contributed by atoms with van der Waals surface area (Å²) in [7, 11) is -4.70. The number of hydrogen-bond acceptors (Lipinski definition) is 4. The highest BCUT2D eigenvalue weighted by Gasteiger charge is 2.35. The van der Waals surface area contributed by atoms with Gasteiger partial charge in [-0.2, -0.15) is 13.2 Å². The quantitative estimate of drug-likeness (QED) is 0.352. The third kappa shape index (κ3) is 5.00. The Morgan fingerprint density at radius 2 is 1.69 bits per heavy atom. The van der Waals surface area contributed by atoms with Crippen LogP contribution in [-0.4, -0.2) is 19.2 Å². The van der Waals surface area contributed by atoms with Crippen molar-refractivity contribution in [2.24, 2.45) is 0 Å². The smallest absolute Gasteiger partial charge is 0.287 e. The second-order valence-electron chi connectivity index (χ2n) is 6.25. The maximum Gasteiger partial charge on any atom is 0.417 e. The summed E-state index contributed by atoms with van der Waals surface area (Å²) in [4.78, 5) is 15.6. The van der Waals surface area contributed by atoms with Crippen LogP contribution in [0.15, 0.2) is 53.6 Å². The molecule has 1 aromatic heterocycles. The molecule has 0 saturated heterocycles. The number of rotatable bonds is 5. The van der Waals surface area contributed by atoms with E-state index in [4.69, 9.17) is 23.2 Å². The lowest BCUT2D eigenvalue weighted by atomic mass is 10.1. The van der Waals surface area contributed by atoms with E-state index in [0.717, 1.165) is 36.5 Å². The van der Waals surface area contributed by atoms with Crippen LogP contribution in [0.2, 0.25) is 10.0 Å². The molecule has 13 heteroatoms. The highest BCUT2D eigenvalue weighted by molar-refractivity contribution is 7.92. The van der Waals surface area contributed by atoms with Gasteiger partial charge in [0.25, 0.3) is 10.0 Å². The van der Waals surface area contributed by atoms with Crippen molar-refractivity contribution in [3.05, 3.63) is 87.2 Å². The molecule has 3 rings (SSSR count). The second-order valence-corrected chi connectivity index (χ2v) is 8.77. The van der Waals surface area contributed by atoms with Gasteiger partial charge in [-0.05, 0) is 36.4 Å². The molecule has 0 aliphatic heterocycles. The van der Waals surface area contributed by atoms with E-state index in [2.05, 4.69) is 4.98 Å². The van der Waals surface area contributed by atoms with E-state index in [1.165, 1.54) is 0 Å². The van der Waals surface area contributed by atoms with Crippen molar-refractivity contribution in [3.63, 3.8) is 0 Å². The molecule has 0 fully saturated rings. The monoisotopic (exact) mass is 510 g/mol. The Morgan fingerprint density at radius 3 is 2.31 bits per heavy atom. The lowest BCUT2D eigenvalue weighted by Crippen LogP contribution is -2.18. The van der Waals surface area contributed by atoms with Crippen LogP contribution in [0.3, 0.4) is 0 Å². The van der Waals surface area contributed by atoms with Gasteiger partial charge < -0.3 is 0 Å². The first-order valence-electron chi connectivity index (χ1n) is 8.34. The molecule has 0 saturated carbocycles. The van der Waals surface area contributed by atoms with Crippen LogP contribution >= 0.6 is 23.2 Å². The van der Waals surface area contributed by atoms with Crippen molar-refractivity contribution in [2.45, 2.75) is 11.1 Å². The average Bonchev–Trinajstić information content (AvgIpc) is 2.66. The largest absolute Gasteiger partial charge is 0.417 e. The average molecular weight is 511 g/mol. The molecule has 1 N–H and O–H groups in total. The van der Waals surface area contributed by atoms with E-state index >= 15 is 0 Å². The Kier molecular flexibility index (Phi) is 6.45. The van der Waals surface area contributed by atoms with Crippen LogP contribution in [0.4, 0.5) is 27.6 Å². The lowest BCUT2D eigenvalue weighted by Gasteiger charge is -2.14. The minimum Gasteiger partial charge on any atom is -0.287 e. The van der Waals surface area contributed by atoms with Crippen LogP contribution < -0.4 is 4.72 Å². The number of carbonyl (C=O) groups excluding carboxylic acids is 1. The number of hydrogen-bond donors (Lipinski definition) is 1. The molecule has 32 heavy (non-hydrogen) atoms. The summed E-state index contributed by atoms with van der Waals surface area (Å²) in [6, 6.07) is 4.91. The molecule has 0 atom stereocenters. The van der Waals surface area contributed by atoms with Crippen molar-refractivity contribution in [1.82, 2.24) is 4.98 Å². The van der Waals surface area contributed by atoms with Gasteiger partial charge in [-0.3, -0.25) is 9.52 Å². The van der Waals surface area contributed by atoms with E-state index < -0.39 is 66.0 Å². The molecular weight excluding hydrogens is 502 g/mol. The van der Waals surface area contributed by atoms with Crippen LogP contribution in [0, 0.1) is 11.6 Å². The summed E-state index contributed by atoms with van der Waals surface area (Å²) in [5.41, 5.74) is -3.16. The van der Waals surface area contributed by atoms with E-state index in [9.17, 15) is 35.2 Å². The molecule has 0 aliphatic rings. The van der Waals surface area contributed by atoms with Crippen molar-refractivity contribution in [2.75, 3.05) is 4.72 Å². The van der Waals surface area contributed by atoms with E-state index in [1.54, 1.807) is 0 Å². The summed E-state index contributed by atoms with van der Waals surface area (Å²) in [5, 5.41) is -0.852. The SMILES string of the molecule is O=C(c1ccc(F)cc1F)c1ncc(Cl)cc1NS(=O)(=O)c1ccc(Cl)c(C(F)(F)F)c1. The van der Waals surface area contributed by atoms with E-state index in [0.29, 0.717) is 12.1 Å². The number of sulfonamides is 1. The maximum absolute atomic E-state index is 14.0. The second kappa shape index (κ2) is 8.64. The topological polar surface area (TPSA) is 76.1 Å². The number of carbonyl (C=O) groups is 1. The molecule has 0 unspecified atom stereocenters. The molecule has 0 radical (unpaired) electrons. The number of ketones is 1. The van der Waals surface area contributed by atoms with Gasteiger partial charge >= 0.3 is 6.18 Å². The summed E-state index contributed by atoms with van der Waals surface area (Å²) < 4.78 is 93.7. The van der Waals surface area contributed by atoms with Crippen molar-refractivity contribution >= 4 is 44.7 Å². The minimum atomic E-state index is -4.93. The highest BCUT2D eigenvalue weighted by atomic mass is 35.5.